The Kier molecular flexibility index (Phi) is 5.52. The Bertz CT molecular complexity index is 868. The number of aryl methyl sites for hydroxylation is 1. The second-order valence-electron chi connectivity index (χ2n) is 7.40. The molecule has 2 aromatic heterocycles. The van der Waals surface area contributed by atoms with Crippen LogP contribution >= 0.6 is 11.3 Å². The first kappa shape index (κ1) is 17.9. The average molecular weight is 374 g/mol. The molecule has 0 bridgehead atoms. The van der Waals surface area contributed by atoms with Crippen molar-refractivity contribution in [3.8, 4) is 0 Å². The largest absolute Gasteiger partial charge is 0.395 e. The molecule has 2 heterocycles. The number of fused-ring (bicyclic) bond motifs is 3. The fourth-order valence-electron chi connectivity index (χ4n) is 4.21. The molecule has 1 atom stereocenters. The van der Waals surface area contributed by atoms with Gasteiger partial charge in [0.15, 0.2) is 0 Å². The van der Waals surface area contributed by atoms with Gasteiger partial charge in [-0.15, -0.1) is 11.3 Å². The number of aromatic nitrogens is 2. The van der Waals surface area contributed by atoms with Gasteiger partial charge in [-0.3, -0.25) is 9.36 Å². The molecule has 26 heavy (non-hydrogen) atoms. The lowest BCUT2D eigenvalue weighted by atomic mass is 9.92. The van der Waals surface area contributed by atoms with Crippen molar-refractivity contribution >= 4 is 21.6 Å². The highest BCUT2D eigenvalue weighted by Crippen LogP contribution is 2.33. The topological polar surface area (TPSA) is 67.2 Å². The summed E-state index contributed by atoms with van der Waals surface area (Å²) in [6, 6.07) is 0.499. The Morgan fingerprint density at radius 1 is 1.35 bits per heavy atom. The third kappa shape index (κ3) is 3.63. The van der Waals surface area contributed by atoms with Crippen LogP contribution in [0.25, 0.3) is 10.2 Å². The smallest absolute Gasteiger partial charge is 0.262 e. The van der Waals surface area contributed by atoms with Crippen LogP contribution in [0.4, 0.5) is 0 Å². The normalized spacial score (nSPS) is 20.2. The van der Waals surface area contributed by atoms with Gasteiger partial charge in [-0.05, 0) is 63.5 Å². The van der Waals surface area contributed by atoms with Gasteiger partial charge in [0.1, 0.15) is 4.83 Å². The maximum atomic E-state index is 12.7. The zero-order valence-electron chi connectivity index (χ0n) is 15.2. The number of allylic oxidation sites excluding steroid dienone is 1. The summed E-state index contributed by atoms with van der Waals surface area (Å²) in [5.41, 5.74) is 2.82. The Morgan fingerprint density at radius 2 is 2.27 bits per heavy atom. The fraction of sp³-hybridized carbons (Fsp3) is 0.600. The van der Waals surface area contributed by atoms with Crippen LogP contribution in [0.2, 0.25) is 0 Å². The molecular formula is C20H27N3O2S. The summed E-state index contributed by atoms with van der Waals surface area (Å²) in [6.45, 7) is 1.33. The summed E-state index contributed by atoms with van der Waals surface area (Å²) >= 11 is 1.67. The minimum Gasteiger partial charge on any atom is -0.395 e. The summed E-state index contributed by atoms with van der Waals surface area (Å²) in [6.07, 6.45) is 13.4. The molecule has 0 aromatic carbocycles. The van der Waals surface area contributed by atoms with E-state index in [1.165, 1.54) is 47.1 Å². The summed E-state index contributed by atoms with van der Waals surface area (Å²) < 4.78 is 1.53. The number of aliphatic hydroxyl groups excluding tert-OH is 1. The summed E-state index contributed by atoms with van der Waals surface area (Å²) in [4.78, 5) is 19.3. The van der Waals surface area contributed by atoms with Gasteiger partial charge in [0.05, 0.1) is 24.9 Å². The molecular weight excluding hydrogens is 346 g/mol. The number of rotatable bonds is 6. The molecule has 140 valence electrons. The molecule has 6 heteroatoms. The summed E-state index contributed by atoms with van der Waals surface area (Å²) in [7, 11) is 0. The second-order valence-corrected chi connectivity index (χ2v) is 8.49. The van der Waals surface area contributed by atoms with Crippen molar-refractivity contribution in [1.29, 1.82) is 0 Å². The van der Waals surface area contributed by atoms with Crippen LogP contribution in [0.3, 0.4) is 0 Å². The number of thiophene rings is 1. The first-order chi connectivity index (χ1) is 12.8. The van der Waals surface area contributed by atoms with Crippen molar-refractivity contribution in [2.24, 2.45) is 0 Å². The molecule has 0 spiro atoms. The fourth-order valence-corrected chi connectivity index (χ4v) is 5.47. The Balaban J connectivity index is 1.44. The van der Waals surface area contributed by atoms with Crippen LogP contribution in [0.5, 0.6) is 0 Å². The van der Waals surface area contributed by atoms with Crippen molar-refractivity contribution < 1.29 is 5.11 Å². The number of hydrogen-bond acceptors (Lipinski definition) is 5. The van der Waals surface area contributed by atoms with Crippen LogP contribution in [0, 0.1) is 0 Å². The molecule has 4 rings (SSSR count). The highest BCUT2D eigenvalue weighted by atomic mass is 32.1. The van der Waals surface area contributed by atoms with E-state index >= 15 is 0 Å². The van der Waals surface area contributed by atoms with E-state index in [0.717, 1.165) is 36.0 Å². The molecule has 2 aliphatic carbocycles. The standard InChI is InChI=1S/C20H27N3O2S/c24-11-10-23-13-22-19-18(20(23)25)16-7-6-15(12-17(16)26-19)21-9-8-14-4-2-1-3-5-14/h4,13,15,21,24H,1-3,5-12H2. The average Bonchev–Trinajstić information content (AvgIpc) is 3.03. The zero-order valence-corrected chi connectivity index (χ0v) is 16.0. The van der Waals surface area contributed by atoms with E-state index in [4.69, 9.17) is 5.11 Å². The predicted molar refractivity (Wildman–Crippen MR) is 106 cm³/mol. The maximum Gasteiger partial charge on any atom is 0.262 e. The molecule has 0 aliphatic heterocycles. The van der Waals surface area contributed by atoms with Gasteiger partial charge < -0.3 is 10.4 Å². The monoisotopic (exact) mass is 373 g/mol. The van der Waals surface area contributed by atoms with Crippen LogP contribution in [0.1, 0.15) is 49.0 Å². The van der Waals surface area contributed by atoms with Crippen molar-refractivity contribution in [3.63, 3.8) is 0 Å². The molecule has 0 radical (unpaired) electrons. The predicted octanol–water partition coefficient (Wildman–Crippen LogP) is 2.79. The van der Waals surface area contributed by atoms with E-state index in [2.05, 4.69) is 16.4 Å². The maximum absolute atomic E-state index is 12.7. The minimum atomic E-state index is -0.0398. The molecule has 0 fully saturated rings. The van der Waals surface area contributed by atoms with Crippen LogP contribution < -0.4 is 10.9 Å². The molecule has 0 saturated carbocycles. The van der Waals surface area contributed by atoms with Gasteiger partial charge in [0, 0.05) is 10.9 Å². The minimum absolute atomic E-state index is 0.00260. The number of nitrogens with zero attached hydrogens (tertiary/aromatic N) is 2. The molecule has 5 nitrogen and oxygen atoms in total. The van der Waals surface area contributed by atoms with Crippen LogP contribution in [-0.4, -0.2) is 33.9 Å². The highest BCUT2D eigenvalue weighted by Gasteiger charge is 2.25. The van der Waals surface area contributed by atoms with Gasteiger partial charge in [0.2, 0.25) is 0 Å². The van der Waals surface area contributed by atoms with E-state index in [-0.39, 0.29) is 12.2 Å². The number of aliphatic hydroxyl groups is 1. The van der Waals surface area contributed by atoms with Gasteiger partial charge >= 0.3 is 0 Å². The summed E-state index contributed by atoms with van der Waals surface area (Å²) in [5.74, 6) is 0. The molecule has 2 aliphatic rings. The number of hydrogen-bond donors (Lipinski definition) is 2. The van der Waals surface area contributed by atoms with E-state index < -0.39 is 0 Å². The SMILES string of the molecule is O=c1c2c3c(sc2ncn1CCO)CC(NCCC1=CCCCC1)CC3. The lowest BCUT2D eigenvalue weighted by molar-refractivity contribution is 0.274. The van der Waals surface area contributed by atoms with Crippen LogP contribution in [0.15, 0.2) is 22.8 Å². The lowest BCUT2D eigenvalue weighted by Gasteiger charge is -2.24. The Labute approximate surface area is 157 Å². The van der Waals surface area contributed by atoms with Gasteiger partial charge in [-0.1, -0.05) is 11.6 Å². The molecule has 0 saturated heterocycles. The van der Waals surface area contributed by atoms with E-state index in [9.17, 15) is 4.79 Å². The van der Waals surface area contributed by atoms with Crippen molar-refractivity contribution in [1.82, 2.24) is 14.9 Å². The van der Waals surface area contributed by atoms with E-state index in [1.54, 1.807) is 23.2 Å². The highest BCUT2D eigenvalue weighted by molar-refractivity contribution is 7.18. The number of nitrogens with one attached hydrogen (secondary N) is 1. The molecule has 2 aromatic rings. The van der Waals surface area contributed by atoms with E-state index in [1.807, 2.05) is 0 Å². The Morgan fingerprint density at radius 3 is 3.08 bits per heavy atom. The first-order valence-corrected chi connectivity index (χ1v) is 10.6. The first-order valence-electron chi connectivity index (χ1n) is 9.78. The van der Waals surface area contributed by atoms with Gasteiger partial charge in [-0.2, -0.15) is 0 Å². The third-order valence-electron chi connectivity index (χ3n) is 5.64. The van der Waals surface area contributed by atoms with Gasteiger partial charge in [0.25, 0.3) is 5.56 Å². The summed E-state index contributed by atoms with van der Waals surface area (Å²) in [5, 5.41) is 13.6. The molecule has 1 unspecified atom stereocenters. The van der Waals surface area contributed by atoms with Crippen LogP contribution in [-0.2, 0) is 19.4 Å². The quantitative estimate of drug-likeness (QED) is 0.764. The Hall–Kier alpha value is -1.50. The molecule has 2 N–H and O–H groups in total. The van der Waals surface area contributed by atoms with Gasteiger partial charge in [-0.25, -0.2) is 4.98 Å². The molecule has 0 amide bonds. The zero-order chi connectivity index (χ0) is 17.9. The second kappa shape index (κ2) is 8.03. The van der Waals surface area contributed by atoms with Crippen molar-refractivity contribution in [2.45, 2.75) is 64.0 Å². The van der Waals surface area contributed by atoms with E-state index in [0.29, 0.717) is 12.6 Å². The van der Waals surface area contributed by atoms with Crippen molar-refractivity contribution in [2.75, 3.05) is 13.2 Å². The lowest BCUT2D eigenvalue weighted by Crippen LogP contribution is -2.35. The third-order valence-corrected chi connectivity index (χ3v) is 6.80. The van der Waals surface area contributed by atoms with Crippen molar-refractivity contribution in [3.05, 3.63) is 38.8 Å².